The maximum absolute atomic E-state index is 14.0. The summed E-state index contributed by atoms with van der Waals surface area (Å²) in [5, 5.41) is 4.29. The van der Waals surface area contributed by atoms with Gasteiger partial charge in [0.25, 0.3) is 5.56 Å². The van der Waals surface area contributed by atoms with Crippen LogP contribution in [0.25, 0.3) is 27.5 Å². The van der Waals surface area contributed by atoms with Gasteiger partial charge < -0.3 is 4.74 Å². The summed E-state index contributed by atoms with van der Waals surface area (Å²) in [6.45, 7) is 10.2. The normalized spacial score (nSPS) is 12.5. The number of methoxy groups -OCH3 is 1. The Hall–Kier alpha value is -5.46. The maximum Gasteiger partial charge on any atom is 0.416 e. The van der Waals surface area contributed by atoms with E-state index in [4.69, 9.17) is 11.3 Å². The molecule has 0 amide bonds. The lowest BCUT2D eigenvalue weighted by atomic mass is 10.1. The van der Waals surface area contributed by atoms with Crippen molar-refractivity contribution in [3.63, 3.8) is 0 Å². The molecule has 0 spiro atoms. The summed E-state index contributed by atoms with van der Waals surface area (Å²) in [5.41, 5.74) is -2.58. The van der Waals surface area contributed by atoms with Gasteiger partial charge in [0.05, 0.1) is 42.4 Å². The van der Waals surface area contributed by atoms with Gasteiger partial charge >= 0.3 is 11.9 Å². The number of nitrogens with one attached hydrogen (secondary N) is 1. The lowest BCUT2D eigenvalue weighted by Crippen LogP contribution is -2.40. The molecule has 242 valence electrons. The van der Waals surface area contributed by atoms with Crippen LogP contribution in [0.2, 0.25) is 0 Å². The van der Waals surface area contributed by atoms with Crippen LogP contribution in [-0.4, -0.2) is 34.4 Å². The van der Waals surface area contributed by atoms with E-state index in [0.717, 1.165) is 36.0 Å². The molecule has 0 unspecified atom stereocenters. The summed E-state index contributed by atoms with van der Waals surface area (Å²) >= 11 is 0. The standard InChI is InChI=1S/C32H27F3N6O5S/c1-19(21-9-15-26(46-5)16-10-21)38-47(44,45)27-18-37-41(24-13-11-23(36-3)12-14-24)29(27)28-20(2)40(31(43)39(4)30(28)42)25-8-6-7-22(17-25)32(33,34)35/h6-19,38H,1-2,4-5H3/t19-/m0/s1. The van der Waals surface area contributed by atoms with Crippen LogP contribution in [0.5, 0.6) is 5.75 Å². The van der Waals surface area contributed by atoms with E-state index >= 15 is 0 Å². The zero-order valence-electron chi connectivity index (χ0n) is 25.4. The highest BCUT2D eigenvalue weighted by atomic mass is 32.2. The minimum atomic E-state index is -4.72. The van der Waals surface area contributed by atoms with E-state index in [9.17, 15) is 31.2 Å². The Morgan fingerprint density at radius 3 is 2.26 bits per heavy atom. The lowest BCUT2D eigenvalue weighted by molar-refractivity contribution is -0.137. The molecular weight excluding hydrogens is 637 g/mol. The fraction of sp³-hybridized carbons (Fsp3) is 0.188. The van der Waals surface area contributed by atoms with Crippen molar-refractivity contribution >= 4 is 15.7 Å². The minimum Gasteiger partial charge on any atom is -0.497 e. The van der Waals surface area contributed by atoms with Crippen LogP contribution in [0.3, 0.4) is 0 Å². The molecule has 3 aromatic carbocycles. The number of alkyl halides is 3. The first-order valence-corrected chi connectivity index (χ1v) is 15.4. The van der Waals surface area contributed by atoms with Crippen molar-refractivity contribution in [1.29, 1.82) is 0 Å². The number of hydrogen-bond donors (Lipinski definition) is 1. The van der Waals surface area contributed by atoms with E-state index in [1.54, 1.807) is 31.2 Å². The molecule has 0 saturated heterocycles. The Kier molecular flexibility index (Phi) is 8.67. The van der Waals surface area contributed by atoms with Crippen LogP contribution in [0.15, 0.2) is 93.5 Å². The van der Waals surface area contributed by atoms with Crippen LogP contribution in [0.1, 0.15) is 29.8 Å². The van der Waals surface area contributed by atoms with Gasteiger partial charge in [-0.15, -0.1) is 0 Å². The highest BCUT2D eigenvalue weighted by molar-refractivity contribution is 7.89. The van der Waals surface area contributed by atoms with Crippen molar-refractivity contribution < 1.29 is 26.3 Å². The number of rotatable bonds is 8. The first-order chi connectivity index (χ1) is 22.2. The molecule has 0 radical (unpaired) electrons. The van der Waals surface area contributed by atoms with Crippen molar-refractivity contribution in [3.05, 3.63) is 128 Å². The van der Waals surface area contributed by atoms with Gasteiger partial charge in [-0.05, 0) is 61.9 Å². The van der Waals surface area contributed by atoms with Crippen LogP contribution >= 0.6 is 0 Å². The van der Waals surface area contributed by atoms with Crippen molar-refractivity contribution in [3.8, 4) is 28.4 Å². The molecule has 15 heteroatoms. The van der Waals surface area contributed by atoms with Crippen LogP contribution in [-0.2, 0) is 23.2 Å². The Morgan fingerprint density at radius 2 is 1.66 bits per heavy atom. The zero-order chi connectivity index (χ0) is 34.3. The number of aromatic nitrogens is 4. The number of halogens is 3. The van der Waals surface area contributed by atoms with E-state index < -0.39 is 43.9 Å². The fourth-order valence-corrected chi connectivity index (χ4v) is 6.45. The van der Waals surface area contributed by atoms with Gasteiger partial charge in [-0.1, -0.05) is 30.3 Å². The summed E-state index contributed by atoms with van der Waals surface area (Å²) in [4.78, 5) is 30.2. The van der Waals surface area contributed by atoms with E-state index in [1.165, 1.54) is 49.0 Å². The van der Waals surface area contributed by atoms with Gasteiger partial charge in [-0.25, -0.2) is 27.5 Å². The molecule has 2 aromatic heterocycles. The summed E-state index contributed by atoms with van der Waals surface area (Å²) in [6.07, 6.45) is -3.68. The fourth-order valence-electron chi connectivity index (χ4n) is 5.09. The summed E-state index contributed by atoms with van der Waals surface area (Å²) in [6, 6.07) is 15.9. The Labute approximate surface area is 267 Å². The average Bonchev–Trinajstić information content (AvgIpc) is 3.49. The monoisotopic (exact) mass is 664 g/mol. The third-order valence-electron chi connectivity index (χ3n) is 7.56. The quantitative estimate of drug-likeness (QED) is 0.225. The lowest BCUT2D eigenvalue weighted by Gasteiger charge is -2.19. The van der Waals surface area contributed by atoms with E-state index in [-0.39, 0.29) is 34.0 Å². The molecule has 47 heavy (non-hydrogen) atoms. The van der Waals surface area contributed by atoms with Gasteiger partial charge in [-0.3, -0.25) is 13.9 Å². The van der Waals surface area contributed by atoms with Gasteiger partial charge in [0.2, 0.25) is 10.0 Å². The van der Waals surface area contributed by atoms with Gasteiger partial charge in [0, 0.05) is 18.8 Å². The van der Waals surface area contributed by atoms with Gasteiger partial charge in [0.1, 0.15) is 16.3 Å². The molecular formula is C32H27F3N6O5S. The second-order valence-electron chi connectivity index (χ2n) is 10.5. The summed E-state index contributed by atoms with van der Waals surface area (Å²) in [5.74, 6) is 0.568. The van der Waals surface area contributed by atoms with Crippen LogP contribution < -0.4 is 20.7 Å². The Balaban J connectivity index is 1.77. The predicted molar refractivity (Wildman–Crippen MR) is 168 cm³/mol. The topological polar surface area (TPSA) is 122 Å². The van der Waals surface area contributed by atoms with Crippen LogP contribution in [0.4, 0.5) is 18.9 Å². The minimum absolute atomic E-state index is 0.128. The summed E-state index contributed by atoms with van der Waals surface area (Å²) < 4.78 is 79.5. The molecule has 0 bridgehead atoms. The second kappa shape index (κ2) is 12.4. The average molecular weight is 665 g/mol. The van der Waals surface area contributed by atoms with Crippen LogP contribution in [0, 0.1) is 13.5 Å². The molecule has 1 atom stereocenters. The Bertz CT molecular complexity index is 2250. The summed E-state index contributed by atoms with van der Waals surface area (Å²) in [7, 11) is -1.82. The number of sulfonamides is 1. The zero-order valence-corrected chi connectivity index (χ0v) is 26.2. The molecule has 0 fully saturated rings. The number of hydrogen-bond acceptors (Lipinski definition) is 6. The predicted octanol–water partition coefficient (Wildman–Crippen LogP) is 5.32. The highest BCUT2D eigenvalue weighted by Crippen LogP contribution is 2.34. The van der Waals surface area contributed by atoms with Gasteiger partial charge in [-0.2, -0.15) is 18.3 Å². The SMILES string of the molecule is [C-]#[N+]c1ccc(-n2ncc(S(=O)(=O)N[C@@H](C)c3ccc(OC)cc3)c2-c2c(C)n(-c3cccc(C(F)(F)F)c3)c(=O)n(C)c2=O)cc1. The molecule has 5 rings (SSSR count). The van der Waals surface area contributed by atoms with E-state index in [2.05, 4.69) is 14.7 Å². The third kappa shape index (κ3) is 6.20. The molecule has 0 aliphatic heterocycles. The van der Waals surface area contributed by atoms with E-state index in [0.29, 0.717) is 15.9 Å². The smallest absolute Gasteiger partial charge is 0.416 e. The molecule has 1 N–H and O–H groups in total. The maximum atomic E-state index is 14.0. The molecule has 2 heterocycles. The molecule has 11 nitrogen and oxygen atoms in total. The van der Waals surface area contributed by atoms with Crippen molar-refractivity contribution in [2.75, 3.05) is 7.11 Å². The van der Waals surface area contributed by atoms with Gasteiger partial charge in [0.15, 0.2) is 5.69 Å². The van der Waals surface area contributed by atoms with Crippen molar-refractivity contribution in [1.82, 2.24) is 23.6 Å². The molecule has 0 aliphatic carbocycles. The molecule has 0 saturated carbocycles. The van der Waals surface area contributed by atoms with E-state index in [1.807, 2.05) is 0 Å². The molecule has 5 aromatic rings. The van der Waals surface area contributed by atoms with Crippen molar-refractivity contribution in [2.45, 2.75) is 31.0 Å². The first-order valence-electron chi connectivity index (χ1n) is 13.9. The largest absolute Gasteiger partial charge is 0.497 e. The highest BCUT2D eigenvalue weighted by Gasteiger charge is 2.33. The Morgan fingerprint density at radius 1 is 1.00 bits per heavy atom. The molecule has 0 aliphatic rings. The number of ether oxygens (including phenoxy) is 1. The number of nitrogens with zero attached hydrogens (tertiary/aromatic N) is 5. The second-order valence-corrected chi connectivity index (χ2v) is 12.2. The first kappa shape index (κ1) is 32.9. The third-order valence-corrected chi connectivity index (χ3v) is 9.10. The number of benzene rings is 3. The van der Waals surface area contributed by atoms with Crippen molar-refractivity contribution in [2.24, 2.45) is 7.05 Å².